The van der Waals surface area contributed by atoms with Gasteiger partial charge in [-0.05, 0) is 30.3 Å². The van der Waals surface area contributed by atoms with Crippen LogP contribution >= 0.6 is 11.8 Å². The van der Waals surface area contributed by atoms with Gasteiger partial charge in [-0.25, -0.2) is 4.79 Å². The molecule has 25 heavy (non-hydrogen) atoms. The minimum absolute atomic E-state index is 0.293. The van der Waals surface area contributed by atoms with Crippen molar-refractivity contribution < 1.29 is 28.6 Å². The average Bonchev–Trinajstić information content (AvgIpc) is 2.87. The first-order chi connectivity index (χ1) is 12.0. The van der Waals surface area contributed by atoms with Gasteiger partial charge in [-0.3, -0.25) is 14.5 Å². The maximum absolute atomic E-state index is 12.4. The molecule has 0 radical (unpaired) electrons. The number of carbonyl (C=O) groups is 3. The lowest BCUT2D eigenvalue weighted by Gasteiger charge is -2.13. The van der Waals surface area contributed by atoms with Crippen molar-refractivity contribution in [2.45, 2.75) is 13.3 Å². The summed E-state index contributed by atoms with van der Waals surface area (Å²) in [5.74, 6) is -0.165. The van der Waals surface area contributed by atoms with Crippen LogP contribution in [0.25, 0.3) is 6.08 Å². The number of carbonyl (C=O) groups excluding carboxylic acids is 3. The lowest BCUT2D eigenvalue weighted by molar-refractivity contribution is -0.143. The van der Waals surface area contributed by atoms with Gasteiger partial charge in [0, 0.05) is 12.1 Å². The molecule has 1 aliphatic heterocycles. The third-order valence-electron chi connectivity index (χ3n) is 3.40. The van der Waals surface area contributed by atoms with E-state index in [1.54, 1.807) is 24.3 Å². The highest BCUT2D eigenvalue weighted by Crippen LogP contribution is 2.37. The maximum Gasteiger partial charge on any atom is 0.343 e. The topological polar surface area (TPSA) is 82.1 Å². The number of esters is 1. The minimum Gasteiger partial charge on any atom is -0.493 e. The van der Waals surface area contributed by atoms with E-state index in [4.69, 9.17) is 9.47 Å². The van der Waals surface area contributed by atoms with Crippen molar-refractivity contribution in [1.82, 2.24) is 4.90 Å². The van der Waals surface area contributed by atoms with Crippen LogP contribution < -0.4 is 9.47 Å². The van der Waals surface area contributed by atoms with Gasteiger partial charge in [0.05, 0.1) is 19.1 Å². The molecular weight excluding hydrogens is 346 g/mol. The molecule has 0 N–H and O–H groups in total. The molecule has 1 heterocycles. The summed E-state index contributed by atoms with van der Waals surface area (Å²) in [7, 11) is 2.73. The fraction of sp³-hybridized carbons (Fsp3) is 0.353. The van der Waals surface area contributed by atoms with E-state index in [0.717, 1.165) is 11.8 Å². The third kappa shape index (κ3) is 4.33. The van der Waals surface area contributed by atoms with Crippen LogP contribution in [0.2, 0.25) is 0 Å². The number of para-hydroxylation sites is 1. The molecule has 2 amide bonds. The van der Waals surface area contributed by atoms with Crippen LogP contribution in [-0.2, 0) is 14.3 Å². The third-order valence-corrected chi connectivity index (χ3v) is 4.31. The summed E-state index contributed by atoms with van der Waals surface area (Å²) in [5, 5.41) is -0.293. The average molecular weight is 365 g/mol. The van der Waals surface area contributed by atoms with Crippen LogP contribution in [0.3, 0.4) is 0 Å². The van der Waals surface area contributed by atoms with E-state index in [1.807, 2.05) is 6.92 Å². The quantitative estimate of drug-likeness (QED) is 0.543. The lowest BCUT2D eigenvalue weighted by Crippen LogP contribution is -2.28. The number of benzene rings is 1. The largest absolute Gasteiger partial charge is 0.493 e. The smallest absolute Gasteiger partial charge is 0.343 e. The molecule has 0 saturated carbocycles. The fourth-order valence-electron chi connectivity index (χ4n) is 2.21. The molecule has 1 saturated heterocycles. The Morgan fingerprint density at radius 3 is 2.68 bits per heavy atom. The predicted molar refractivity (Wildman–Crippen MR) is 93.5 cm³/mol. The zero-order valence-electron chi connectivity index (χ0n) is 14.2. The molecule has 134 valence electrons. The predicted octanol–water partition coefficient (Wildman–Crippen LogP) is 2.69. The molecule has 0 unspecified atom stereocenters. The van der Waals surface area contributed by atoms with E-state index < -0.39 is 5.97 Å². The highest BCUT2D eigenvalue weighted by atomic mass is 32.2. The Morgan fingerprint density at radius 2 is 2.04 bits per heavy atom. The molecule has 0 spiro atoms. The van der Waals surface area contributed by atoms with Crippen molar-refractivity contribution in [2.24, 2.45) is 0 Å². The summed E-state index contributed by atoms with van der Waals surface area (Å²) >= 11 is 0.878. The van der Waals surface area contributed by atoms with Gasteiger partial charge in [0.15, 0.2) is 18.1 Å². The number of rotatable bonds is 7. The Balaban J connectivity index is 2.34. The van der Waals surface area contributed by atoms with Gasteiger partial charge in [0.25, 0.3) is 11.1 Å². The highest BCUT2D eigenvalue weighted by molar-refractivity contribution is 8.18. The molecular formula is C17H19NO6S. The summed E-state index contributed by atoms with van der Waals surface area (Å²) in [6.07, 6.45) is 2.26. The van der Waals surface area contributed by atoms with Crippen LogP contribution in [-0.4, -0.2) is 49.4 Å². The van der Waals surface area contributed by atoms with Crippen molar-refractivity contribution in [3.63, 3.8) is 0 Å². The number of nitrogens with zero attached hydrogens (tertiary/aromatic N) is 1. The Morgan fingerprint density at radius 1 is 1.28 bits per heavy atom. The van der Waals surface area contributed by atoms with Crippen LogP contribution in [0.4, 0.5) is 4.79 Å². The number of imide groups is 1. The van der Waals surface area contributed by atoms with E-state index in [9.17, 15) is 14.4 Å². The van der Waals surface area contributed by atoms with Crippen molar-refractivity contribution in [3.8, 4) is 11.5 Å². The minimum atomic E-state index is -0.542. The van der Waals surface area contributed by atoms with Crippen LogP contribution in [0.1, 0.15) is 18.9 Å². The summed E-state index contributed by atoms with van der Waals surface area (Å²) in [5.41, 5.74) is 0.533. The molecule has 0 aliphatic carbocycles. The van der Waals surface area contributed by atoms with Crippen molar-refractivity contribution >= 4 is 35.0 Å². The van der Waals surface area contributed by atoms with Crippen LogP contribution in [0, 0.1) is 0 Å². The second kappa shape index (κ2) is 8.57. The summed E-state index contributed by atoms with van der Waals surface area (Å²) in [4.78, 5) is 37.2. The first-order valence-corrected chi connectivity index (χ1v) is 8.45. The van der Waals surface area contributed by atoms with Gasteiger partial charge < -0.3 is 14.2 Å². The zero-order valence-corrected chi connectivity index (χ0v) is 15.1. The number of thioether (sulfide) groups is 1. The summed E-state index contributed by atoms with van der Waals surface area (Å²) in [6, 6.07) is 5.11. The number of amides is 2. The molecule has 1 aliphatic rings. The molecule has 0 aromatic heterocycles. The molecule has 0 bridgehead atoms. The van der Waals surface area contributed by atoms with E-state index in [0.29, 0.717) is 34.9 Å². The molecule has 0 atom stereocenters. The molecule has 2 rings (SSSR count). The molecule has 7 nitrogen and oxygen atoms in total. The summed E-state index contributed by atoms with van der Waals surface area (Å²) < 4.78 is 15.3. The van der Waals surface area contributed by atoms with Gasteiger partial charge in [-0.2, -0.15) is 0 Å². The number of methoxy groups -OCH3 is 2. The van der Waals surface area contributed by atoms with E-state index in [-0.39, 0.29) is 17.8 Å². The monoisotopic (exact) mass is 365 g/mol. The van der Waals surface area contributed by atoms with Crippen molar-refractivity contribution in [3.05, 3.63) is 28.7 Å². The van der Waals surface area contributed by atoms with E-state index >= 15 is 0 Å². The highest BCUT2D eigenvalue weighted by Gasteiger charge is 2.34. The Bertz CT molecular complexity index is 715. The molecule has 1 fully saturated rings. The molecule has 1 aromatic rings. The van der Waals surface area contributed by atoms with Gasteiger partial charge in [0.2, 0.25) is 0 Å². The Labute approximate surface area is 149 Å². The van der Waals surface area contributed by atoms with Gasteiger partial charge >= 0.3 is 5.97 Å². The maximum atomic E-state index is 12.4. The Hall–Kier alpha value is -2.48. The second-order valence-corrected chi connectivity index (χ2v) is 6.07. The van der Waals surface area contributed by atoms with Gasteiger partial charge in [0.1, 0.15) is 0 Å². The fourth-order valence-corrected chi connectivity index (χ4v) is 3.07. The Kier molecular flexibility index (Phi) is 6.46. The normalized spacial score (nSPS) is 15.6. The van der Waals surface area contributed by atoms with E-state index in [2.05, 4.69) is 4.74 Å². The number of hydrogen-bond donors (Lipinski definition) is 0. The first-order valence-electron chi connectivity index (χ1n) is 7.63. The lowest BCUT2D eigenvalue weighted by atomic mass is 10.1. The van der Waals surface area contributed by atoms with Crippen LogP contribution in [0.15, 0.2) is 23.1 Å². The molecule has 8 heteroatoms. The summed E-state index contributed by atoms with van der Waals surface area (Å²) in [6.45, 7) is 1.98. The number of hydrogen-bond acceptors (Lipinski definition) is 7. The SMILES string of the molecule is CCCN1C(=O)S/C(=C/c2cccc(OC)c2OCC(=O)OC)C1=O. The van der Waals surface area contributed by atoms with E-state index in [1.165, 1.54) is 19.1 Å². The van der Waals surface area contributed by atoms with Crippen molar-refractivity contribution in [1.29, 1.82) is 0 Å². The zero-order chi connectivity index (χ0) is 18.4. The number of ether oxygens (including phenoxy) is 3. The van der Waals surface area contributed by atoms with Gasteiger partial charge in [-0.15, -0.1) is 0 Å². The second-order valence-electron chi connectivity index (χ2n) is 5.08. The van der Waals surface area contributed by atoms with Gasteiger partial charge in [-0.1, -0.05) is 19.1 Å². The first kappa shape index (κ1) is 18.9. The van der Waals surface area contributed by atoms with Crippen LogP contribution in [0.5, 0.6) is 11.5 Å². The molecule has 1 aromatic carbocycles. The standard InChI is InChI=1S/C17H19NO6S/c1-4-8-18-16(20)13(25-17(18)21)9-11-6-5-7-12(22-2)15(11)24-10-14(19)23-3/h5-7,9H,4,8,10H2,1-3H3/b13-9+. The van der Waals surface area contributed by atoms with Crippen molar-refractivity contribution in [2.75, 3.05) is 27.4 Å².